The van der Waals surface area contributed by atoms with Crippen LogP contribution in [0.1, 0.15) is 26.1 Å². The number of nitrogens with zero attached hydrogens (tertiary/aromatic N) is 3. The van der Waals surface area contributed by atoms with Crippen molar-refractivity contribution in [3.63, 3.8) is 0 Å². The maximum Gasteiger partial charge on any atom is 0.451 e. The van der Waals surface area contributed by atoms with Crippen LogP contribution in [0.15, 0.2) is 6.07 Å². The maximum atomic E-state index is 12.8. The number of nitrogens with one attached hydrogen (secondary N) is 1. The molecule has 0 spiro atoms. The van der Waals surface area contributed by atoms with Gasteiger partial charge in [-0.1, -0.05) is 0 Å². The number of aliphatic hydroxyl groups excluding tert-OH is 1. The molecule has 0 saturated heterocycles. The van der Waals surface area contributed by atoms with Crippen molar-refractivity contribution in [3.8, 4) is 0 Å². The third-order valence-corrected chi connectivity index (χ3v) is 2.62. The summed E-state index contributed by atoms with van der Waals surface area (Å²) in [7, 11) is 0. The number of aromatic nitrogens is 2. The first-order valence-corrected chi connectivity index (χ1v) is 6.48. The second kappa shape index (κ2) is 7.28. The van der Waals surface area contributed by atoms with E-state index in [4.69, 9.17) is 5.11 Å². The van der Waals surface area contributed by atoms with Crippen LogP contribution < -0.4 is 10.2 Å². The zero-order valence-electron chi connectivity index (χ0n) is 11.5. The van der Waals surface area contributed by atoms with E-state index in [-0.39, 0.29) is 18.2 Å². The fraction of sp³-hybridized carbons (Fsp3) is 0.667. The molecule has 1 aromatic heterocycles. The molecule has 20 heavy (non-hydrogen) atoms. The smallest absolute Gasteiger partial charge is 0.396 e. The highest BCUT2D eigenvalue weighted by molar-refractivity contribution is 5.49. The summed E-state index contributed by atoms with van der Waals surface area (Å²) in [5.74, 6) is -0.806. The van der Waals surface area contributed by atoms with Gasteiger partial charge in [0.05, 0.1) is 0 Å². The first-order valence-electron chi connectivity index (χ1n) is 6.48. The van der Waals surface area contributed by atoms with Gasteiger partial charge in [-0.2, -0.15) is 13.2 Å². The van der Waals surface area contributed by atoms with Crippen LogP contribution in [0.3, 0.4) is 0 Å². The molecule has 0 amide bonds. The standard InChI is InChI=1S/C12H19F3N4O/c1-3-16-9-8-10(19(4-2)6-5-7-20)18-11(17-9)12(13,14)15/h8,20H,3-7H2,1-2H3,(H,16,17,18). The number of halogens is 3. The summed E-state index contributed by atoms with van der Waals surface area (Å²) in [5, 5.41) is 11.6. The van der Waals surface area contributed by atoms with Crippen LogP contribution in [0.2, 0.25) is 0 Å². The van der Waals surface area contributed by atoms with Gasteiger partial charge in [-0.15, -0.1) is 0 Å². The van der Waals surface area contributed by atoms with E-state index < -0.39 is 12.0 Å². The molecule has 0 aliphatic carbocycles. The third kappa shape index (κ3) is 4.52. The van der Waals surface area contributed by atoms with E-state index in [9.17, 15) is 13.2 Å². The molecule has 0 bridgehead atoms. The topological polar surface area (TPSA) is 61.3 Å². The predicted octanol–water partition coefficient (Wildman–Crippen LogP) is 2.14. The molecule has 1 rings (SSSR count). The molecule has 1 aromatic rings. The van der Waals surface area contributed by atoms with Gasteiger partial charge < -0.3 is 15.3 Å². The highest BCUT2D eigenvalue weighted by Crippen LogP contribution is 2.29. The average molecular weight is 292 g/mol. The van der Waals surface area contributed by atoms with Crippen molar-refractivity contribution in [3.05, 3.63) is 11.9 Å². The molecule has 8 heteroatoms. The monoisotopic (exact) mass is 292 g/mol. The van der Waals surface area contributed by atoms with Crippen molar-refractivity contribution < 1.29 is 18.3 Å². The highest BCUT2D eigenvalue weighted by Gasteiger charge is 2.35. The lowest BCUT2D eigenvalue weighted by atomic mass is 10.3. The van der Waals surface area contributed by atoms with Crippen molar-refractivity contribution >= 4 is 11.6 Å². The Morgan fingerprint density at radius 1 is 1.30 bits per heavy atom. The van der Waals surface area contributed by atoms with Crippen LogP contribution in [-0.4, -0.2) is 41.3 Å². The molecule has 5 nitrogen and oxygen atoms in total. The molecule has 0 saturated carbocycles. The van der Waals surface area contributed by atoms with E-state index >= 15 is 0 Å². The molecule has 0 atom stereocenters. The van der Waals surface area contributed by atoms with E-state index in [2.05, 4.69) is 15.3 Å². The summed E-state index contributed by atoms with van der Waals surface area (Å²) in [6.07, 6.45) is -4.12. The Bertz CT molecular complexity index is 426. The van der Waals surface area contributed by atoms with E-state index in [0.717, 1.165) is 0 Å². The lowest BCUT2D eigenvalue weighted by Gasteiger charge is -2.23. The van der Waals surface area contributed by atoms with Crippen molar-refractivity contribution in [1.82, 2.24) is 9.97 Å². The fourth-order valence-electron chi connectivity index (χ4n) is 1.69. The summed E-state index contributed by atoms with van der Waals surface area (Å²) in [6.45, 7) is 4.98. The molecular weight excluding hydrogens is 273 g/mol. The fourth-order valence-corrected chi connectivity index (χ4v) is 1.69. The lowest BCUT2D eigenvalue weighted by molar-refractivity contribution is -0.144. The minimum Gasteiger partial charge on any atom is -0.396 e. The van der Waals surface area contributed by atoms with Gasteiger partial charge in [-0.25, -0.2) is 9.97 Å². The molecule has 1 heterocycles. The van der Waals surface area contributed by atoms with E-state index in [0.29, 0.717) is 26.1 Å². The van der Waals surface area contributed by atoms with Gasteiger partial charge in [0.2, 0.25) is 5.82 Å². The maximum absolute atomic E-state index is 12.8. The number of aliphatic hydroxyl groups is 1. The average Bonchev–Trinajstić information content (AvgIpc) is 2.39. The number of anilines is 2. The van der Waals surface area contributed by atoms with E-state index in [1.807, 2.05) is 6.92 Å². The van der Waals surface area contributed by atoms with Crippen LogP contribution in [0.5, 0.6) is 0 Å². The summed E-state index contributed by atoms with van der Waals surface area (Å²) in [5.41, 5.74) is 0. The van der Waals surface area contributed by atoms with Gasteiger partial charge in [0.1, 0.15) is 11.6 Å². The Morgan fingerprint density at radius 3 is 2.50 bits per heavy atom. The minimum absolute atomic E-state index is 0.0201. The molecule has 0 aliphatic rings. The summed E-state index contributed by atoms with van der Waals surface area (Å²) in [4.78, 5) is 8.72. The number of alkyl halides is 3. The Morgan fingerprint density at radius 2 is 2.00 bits per heavy atom. The van der Waals surface area contributed by atoms with E-state index in [1.165, 1.54) is 6.07 Å². The molecule has 0 aromatic carbocycles. The predicted molar refractivity (Wildman–Crippen MR) is 70.8 cm³/mol. The quantitative estimate of drug-likeness (QED) is 0.806. The minimum atomic E-state index is -4.59. The van der Waals surface area contributed by atoms with Gasteiger partial charge >= 0.3 is 6.18 Å². The van der Waals surface area contributed by atoms with Crippen LogP contribution in [0.4, 0.5) is 24.8 Å². The first kappa shape index (κ1) is 16.5. The molecule has 0 unspecified atom stereocenters. The summed E-state index contributed by atoms with van der Waals surface area (Å²) < 4.78 is 38.4. The highest BCUT2D eigenvalue weighted by atomic mass is 19.4. The van der Waals surface area contributed by atoms with Gasteiger partial charge in [0.25, 0.3) is 0 Å². The second-order valence-corrected chi connectivity index (χ2v) is 4.12. The zero-order valence-corrected chi connectivity index (χ0v) is 11.5. The molecule has 114 valence electrons. The van der Waals surface area contributed by atoms with E-state index in [1.54, 1.807) is 11.8 Å². The SMILES string of the molecule is CCNc1cc(N(CC)CCCO)nc(C(F)(F)F)n1. The normalized spacial score (nSPS) is 11.5. The zero-order chi connectivity index (χ0) is 15.2. The number of rotatable bonds is 7. The number of hydrogen-bond donors (Lipinski definition) is 2. The third-order valence-electron chi connectivity index (χ3n) is 2.62. The molecule has 0 aliphatic heterocycles. The Kier molecular flexibility index (Phi) is 6.00. The van der Waals surface area contributed by atoms with Gasteiger partial charge in [0, 0.05) is 32.3 Å². The van der Waals surface area contributed by atoms with Crippen molar-refractivity contribution in [1.29, 1.82) is 0 Å². The van der Waals surface area contributed by atoms with Gasteiger partial charge in [-0.3, -0.25) is 0 Å². The van der Waals surface area contributed by atoms with Crippen molar-refractivity contribution in [2.24, 2.45) is 0 Å². The van der Waals surface area contributed by atoms with Crippen LogP contribution in [-0.2, 0) is 6.18 Å². The van der Waals surface area contributed by atoms with Gasteiger partial charge in [-0.05, 0) is 20.3 Å². The molecule has 2 N–H and O–H groups in total. The summed E-state index contributed by atoms with van der Waals surface area (Å²) >= 11 is 0. The number of hydrogen-bond acceptors (Lipinski definition) is 5. The van der Waals surface area contributed by atoms with Crippen LogP contribution in [0.25, 0.3) is 0 Å². The van der Waals surface area contributed by atoms with Gasteiger partial charge in [0.15, 0.2) is 0 Å². The van der Waals surface area contributed by atoms with Crippen molar-refractivity contribution in [2.45, 2.75) is 26.4 Å². The largest absolute Gasteiger partial charge is 0.451 e. The second-order valence-electron chi connectivity index (χ2n) is 4.12. The van der Waals surface area contributed by atoms with Crippen LogP contribution >= 0.6 is 0 Å². The Labute approximate surface area is 115 Å². The molecular formula is C12H19F3N4O. The molecule has 0 fully saturated rings. The Hall–Kier alpha value is -1.57. The lowest BCUT2D eigenvalue weighted by Crippen LogP contribution is -2.27. The Balaban J connectivity index is 3.12. The van der Waals surface area contributed by atoms with Crippen molar-refractivity contribution in [2.75, 3.05) is 36.5 Å². The first-order chi connectivity index (χ1) is 9.42. The van der Waals surface area contributed by atoms with Crippen LogP contribution in [0, 0.1) is 0 Å². The molecule has 0 radical (unpaired) electrons. The summed E-state index contributed by atoms with van der Waals surface area (Å²) in [6, 6.07) is 1.49.